The molecule has 3 heterocycles. The van der Waals surface area contributed by atoms with Crippen LogP contribution in [0.4, 0.5) is 0 Å². The molecular weight excluding hydrogens is 512 g/mol. The van der Waals surface area contributed by atoms with E-state index in [4.69, 9.17) is 25.8 Å². The van der Waals surface area contributed by atoms with Gasteiger partial charge >= 0.3 is 5.69 Å². The van der Waals surface area contributed by atoms with Gasteiger partial charge in [0.15, 0.2) is 17.5 Å². The van der Waals surface area contributed by atoms with Gasteiger partial charge in [-0.15, -0.1) is 0 Å². The lowest BCUT2D eigenvalue weighted by atomic mass is 10.2. The van der Waals surface area contributed by atoms with Gasteiger partial charge in [0.1, 0.15) is 6.73 Å². The molecule has 1 fully saturated rings. The first-order valence-electron chi connectivity index (χ1n) is 13.0. The summed E-state index contributed by atoms with van der Waals surface area (Å²) >= 11 is 6.52. The van der Waals surface area contributed by atoms with Crippen LogP contribution in [-0.2, 0) is 34.0 Å². The van der Waals surface area contributed by atoms with Crippen LogP contribution in [0.1, 0.15) is 31.2 Å². The van der Waals surface area contributed by atoms with E-state index < -0.39 is 19.3 Å². The quantitative estimate of drug-likeness (QED) is 0.190. The van der Waals surface area contributed by atoms with Crippen LogP contribution in [0.25, 0.3) is 11.2 Å². The van der Waals surface area contributed by atoms with E-state index in [1.165, 1.54) is 9.13 Å². The van der Waals surface area contributed by atoms with Gasteiger partial charge in [0.05, 0.1) is 13.2 Å². The summed E-state index contributed by atoms with van der Waals surface area (Å²) in [6, 6.07) is 10.7. The fraction of sp³-hybridized carbons (Fsp3) is 0.577. The highest BCUT2D eigenvalue weighted by Gasteiger charge is 2.22. The zero-order valence-electron chi connectivity index (χ0n) is 22.0. The number of fused-ring (bicyclic) bond motifs is 1. The molecular formula is C26H37ClN4O5Si. The lowest BCUT2D eigenvalue weighted by Crippen LogP contribution is -2.41. The number of rotatable bonds is 12. The van der Waals surface area contributed by atoms with Crippen LogP contribution < -0.4 is 11.2 Å². The van der Waals surface area contributed by atoms with Crippen LogP contribution in [0.5, 0.6) is 0 Å². The molecule has 1 saturated heterocycles. The molecule has 37 heavy (non-hydrogen) atoms. The Morgan fingerprint density at radius 2 is 1.86 bits per heavy atom. The Labute approximate surface area is 222 Å². The Morgan fingerprint density at radius 3 is 2.57 bits per heavy atom. The van der Waals surface area contributed by atoms with E-state index in [9.17, 15) is 9.59 Å². The van der Waals surface area contributed by atoms with Crippen LogP contribution in [0.3, 0.4) is 0 Å². The summed E-state index contributed by atoms with van der Waals surface area (Å²) in [5.74, 6) is 0. The Morgan fingerprint density at radius 1 is 1.08 bits per heavy atom. The lowest BCUT2D eigenvalue weighted by molar-refractivity contribution is -0.163. The van der Waals surface area contributed by atoms with Crippen LogP contribution in [0.2, 0.25) is 31.0 Å². The molecule has 0 saturated carbocycles. The SMILES string of the molecule is C[Si](C)(C)CCOCn1c(=O)n(CCCOC2CCCCO2)c(=O)c2c1nc(Cl)n2Cc1ccccc1. The number of hydrogen-bond acceptors (Lipinski definition) is 6. The van der Waals surface area contributed by atoms with Gasteiger partial charge in [-0.2, -0.15) is 4.98 Å². The molecule has 3 aromatic rings. The molecule has 2 aromatic heterocycles. The van der Waals surface area contributed by atoms with Crippen molar-refractivity contribution < 1.29 is 14.2 Å². The first kappa shape index (κ1) is 27.8. The zero-order chi connectivity index (χ0) is 26.4. The summed E-state index contributed by atoms with van der Waals surface area (Å²) in [6.07, 6.45) is 3.28. The van der Waals surface area contributed by atoms with E-state index >= 15 is 0 Å². The minimum absolute atomic E-state index is 0.00515. The standard InChI is InChI=1S/C26H37ClN4O5Si/c1-37(2,3)17-16-34-19-31-23-22(30(25(27)28-23)18-20-10-5-4-6-11-20)24(32)29(26(31)33)13-9-15-36-21-12-7-8-14-35-21/h4-6,10-11,21H,7-9,12-19H2,1-3H3. The Hall–Kier alpha value is -2.24. The minimum Gasteiger partial charge on any atom is -0.361 e. The fourth-order valence-corrected chi connectivity index (χ4v) is 5.28. The van der Waals surface area contributed by atoms with E-state index in [2.05, 4.69) is 24.6 Å². The third kappa shape index (κ3) is 7.20. The number of ether oxygens (including phenoxy) is 3. The molecule has 1 aliphatic heterocycles. The third-order valence-corrected chi connectivity index (χ3v) is 8.43. The van der Waals surface area contributed by atoms with Crippen LogP contribution in [0, 0.1) is 0 Å². The average Bonchev–Trinajstić information content (AvgIpc) is 3.19. The first-order chi connectivity index (χ1) is 17.7. The maximum absolute atomic E-state index is 13.6. The highest BCUT2D eigenvalue weighted by Crippen LogP contribution is 2.19. The number of imidazole rings is 1. The molecule has 0 spiro atoms. The summed E-state index contributed by atoms with van der Waals surface area (Å²) in [5.41, 5.74) is 0.633. The maximum atomic E-state index is 13.6. The second-order valence-electron chi connectivity index (χ2n) is 10.7. The molecule has 0 aliphatic carbocycles. The van der Waals surface area contributed by atoms with Gasteiger partial charge in [-0.3, -0.25) is 13.9 Å². The maximum Gasteiger partial charge on any atom is 0.334 e. The van der Waals surface area contributed by atoms with Crippen molar-refractivity contribution in [3.05, 3.63) is 62.0 Å². The monoisotopic (exact) mass is 548 g/mol. The summed E-state index contributed by atoms with van der Waals surface area (Å²) in [7, 11) is -1.30. The van der Waals surface area contributed by atoms with Gasteiger partial charge in [0.2, 0.25) is 5.28 Å². The molecule has 1 atom stereocenters. The van der Waals surface area contributed by atoms with Crippen molar-refractivity contribution in [1.82, 2.24) is 18.7 Å². The van der Waals surface area contributed by atoms with Crippen molar-refractivity contribution in [1.29, 1.82) is 0 Å². The van der Waals surface area contributed by atoms with Gasteiger partial charge in [0, 0.05) is 27.8 Å². The number of aromatic nitrogens is 4. The van der Waals surface area contributed by atoms with Gasteiger partial charge in [-0.25, -0.2) is 4.79 Å². The Kier molecular flexibility index (Phi) is 9.41. The van der Waals surface area contributed by atoms with Crippen molar-refractivity contribution in [2.24, 2.45) is 0 Å². The van der Waals surface area contributed by atoms with Gasteiger partial charge < -0.3 is 18.8 Å². The molecule has 1 aromatic carbocycles. The number of benzene rings is 1. The lowest BCUT2D eigenvalue weighted by Gasteiger charge is -2.22. The van der Waals surface area contributed by atoms with Crippen molar-refractivity contribution in [2.45, 2.75) is 77.5 Å². The Balaban J connectivity index is 1.63. The van der Waals surface area contributed by atoms with E-state index in [0.29, 0.717) is 38.3 Å². The smallest absolute Gasteiger partial charge is 0.334 e. The van der Waals surface area contributed by atoms with Gasteiger partial charge in [0.25, 0.3) is 5.56 Å². The van der Waals surface area contributed by atoms with Gasteiger partial charge in [-0.05, 0) is 48.9 Å². The molecule has 0 bridgehead atoms. The number of hydrogen-bond donors (Lipinski definition) is 0. The second kappa shape index (κ2) is 12.5. The highest BCUT2D eigenvalue weighted by molar-refractivity contribution is 6.76. The van der Waals surface area contributed by atoms with Crippen molar-refractivity contribution in [3.63, 3.8) is 0 Å². The molecule has 9 nitrogen and oxygen atoms in total. The predicted molar refractivity (Wildman–Crippen MR) is 147 cm³/mol. The van der Waals surface area contributed by atoms with Crippen molar-refractivity contribution in [3.8, 4) is 0 Å². The normalized spacial score (nSPS) is 16.5. The highest BCUT2D eigenvalue weighted by atomic mass is 35.5. The predicted octanol–water partition coefficient (Wildman–Crippen LogP) is 4.31. The topological polar surface area (TPSA) is 89.5 Å². The van der Waals surface area contributed by atoms with Crippen LogP contribution >= 0.6 is 11.6 Å². The summed E-state index contributed by atoms with van der Waals surface area (Å²) in [6.45, 7) is 9.03. The Bertz CT molecular complexity index is 1290. The van der Waals surface area contributed by atoms with Crippen LogP contribution in [0.15, 0.2) is 39.9 Å². The fourth-order valence-electron chi connectivity index (χ4n) is 4.30. The third-order valence-electron chi connectivity index (χ3n) is 6.44. The van der Waals surface area contributed by atoms with Gasteiger partial charge in [-0.1, -0.05) is 50.0 Å². The van der Waals surface area contributed by atoms with Crippen molar-refractivity contribution >= 4 is 30.8 Å². The summed E-state index contributed by atoms with van der Waals surface area (Å²) in [5, 5.41) is 0.154. The molecule has 202 valence electrons. The molecule has 1 aliphatic rings. The molecule has 1 unspecified atom stereocenters. The average molecular weight is 549 g/mol. The molecule has 4 rings (SSSR count). The zero-order valence-corrected chi connectivity index (χ0v) is 23.7. The summed E-state index contributed by atoms with van der Waals surface area (Å²) in [4.78, 5) is 31.5. The second-order valence-corrected chi connectivity index (χ2v) is 16.6. The van der Waals surface area contributed by atoms with E-state index in [-0.39, 0.29) is 30.5 Å². The number of halogens is 1. The van der Waals surface area contributed by atoms with Crippen LogP contribution in [-0.4, -0.2) is 52.9 Å². The summed E-state index contributed by atoms with van der Waals surface area (Å²) < 4.78 is 21.6. The molecule has 11 heteroatoms. The minimum atomic E-state index is -1.30. The first-order valence-corrected chi connectivity index (χ1v) is 17.1. The molecule has 0 amide bonds. The number of nitrogens with zero attached hydrogens (tertiary/aromatic N) is 4. The largest absolute Gasteiger partial charge is 0.361 e. The van der Waals surface area contributed by atoms with Crippen molar-refractivity contribution in [2.75, 3.05) is 19.8 Å². The molecule has 0 N–H and O–H groups in total. The molecule has 0 radical (unpaired) electrons. The van der Waals surface area contributed by atoms with E-state index in [1.54, 1.807) is 4.57 Å². The van der Waals surface area contributed by atoms with E-state index in [0.717, 1.165) is 30.9 Å². The van der Waals surface area contributed by atoms with E-state index in [1.807, 2.05) is 30.3 Å².